The fourth-order valence-corrected chi connectivity index (χ4v) is 4.44. The monoisotopic (exact) mass is 332 g/mol. The molecule has 1 aromatic rings. The molecule has 0 bridgehead atoms. The highest BCUT2D eigenvalue weighted by atomic mass is 35.5. The molecule has 2 aliphatic heterocycles. The number of halogens is 4. The van der Waals surface area contributed by atoms with Gasteiger partial charge in [0.05, 0.1) is 5.56 Å². The highest BCUT2D eigenvalue weighted by Gasteiger charge is 2.44. The summed E-state index contributed by atoms with van der Waals surface area (Å²) in [5.74, 6) is 0.498. The van der Waals surface area contributed by atoms with Crippen LogP contribution in [0.5, 0.6) is 0 Å². The van der Waals surface area contributed by atoms with E-state index in [4.69, 9.17) is 0 Å². The Labute approximate surface area is 134 Å². The minimum atomic E-state index is -4.25. The molecule has 122 valence electrons. The number of benzene rings is 1. The fraction of sp³-hybridized carbons (Fsp3) is 0.625. The topological polar surface area (TPSA) is 15.3 Å². The normalized spacial score (nSPS) is 26.8. The third-order valence-electron chi connectivity index (χ3n) is 5.28. The lowest BCUT2D eigenvalue weighted by Crippen LogP contribution is -2.39. The molecule has 1 aromatic carbocycles. The molecule has 0 radical (unpaired) electrons. The minimum Gasteiger partial charge on any atom is -0.369 e. The third kappa shape index (κ3) is 2.38. The van der Waals surface area contributed by atoms with E-state index in [-0.39, 0.29) is 18.3 Å². The van der Waals surface area contributed by atoms with Crippen LogP contribution >= 0.6 is 12.4 Å². The quantitative estimate of drug-likeness (QED) is 0.774. The maximum atomic E-state index is 13.5. The molecule has 1 aliphatic carbocycles. The molecule has 1 saturated carbocycles. The van der Waals surface area contributed by atoms with Gasteiger partial charge in [0.15, 0.2) is 0 Å². The Bertz CT molecular complexity index is 573. The minimum absolute atomic E-state index is 0. The van der Waals surface area contributed by atoms with Gasteiger partial charge in [-0.25, -0.2) is 0 Å². The second-order valence-corrected chi connectivity index (χ2v) is 6.45. The summed E-state index contributed by atoms with van der Waals surface area (Å²) in [7, 11) is 0. The number of hydrogen-bond acceptors (Lipinski definition) is 2. The van der Waals surface area contributed by atoms with Crippen molar-refractivity contribution in [3.05, 3.63) is 28.8 Å². The SMILES string of the molecule is Cl.FC(F)(F)c1ccc2c3c1C1CCCC1CN3CCNC2. The summed E-state index contributed by atoms with van der Waals surface area (Å²) in [5, 5.41) is 3.32. The molecule has 0 amide bonds. The van der Waals surface area contributed by atoms with Gasteiger partial charge in [-0.15, -0.1) is 12.4 Å². The van der Waals surface area contributed by atoms with Crippen molar-refractivity contribution >= 4 is 18.1 Å². The third-order valence-corrected chi connectivity index (χ3v) is 5.28. The van der Waals surface area contributed by atoms with Gasteiger partial charge in [0.1, 0.15) is 0 Å². The number of nitrogens with zero attached hydrogens (tertiary/aromatic N) is 1. The lowest BCUT2D eigenvalue weighted by Gasteiger charge is -2.40. The van der Waals surface area contributed by atoms with Crippen molar-refractivity contribution in [2.24, 2.45) is 5.92 Å². The summed E-state index contributed by atoms with van der Waals surface area (Å²) < 4.78 is 40.4. The van der Waals surface area contributed by atoms with E-state index in [0.29, 0.717) is 18.0 Å². The smallest absolute Gasteiger partial charge is 0.369 e. The summed E-state index contributed by atoms with van der Waals surface area (Å²) in [6.45, 7) is 3.25. The van der Waals surface area contributed by atoms with Gasteiger partial charge in [-0.2, -0.15) is 13.2 Å². The van der Waals surface area contributed by atoms with Gasteiger partial charge in [-0.3, -0.25) is 0 Å². The Balaban J connectivity index is 0.00000144. The first-order valence-corrected chi connectivity index (χ1v) is 7.74. The molecule has 2 nitrogen and oxygen atoms in total. The zero-order valence-electron chi connectivity index (χ0n) is 12.2. The Morgan fingerprint density at radius 2 is 2.00 bits per heavy atom. The molecule has 2 heterocycles. The number of anilines is 1. The van der Waals surface area contributed by atoms with Crippen molar-refractivity contribution in [3.63, 3.8) is 0 Å². The highest BCUT2D eigenvalue weighted by Crippen LogP contribution is 2.52. The lowest BCUT2D eigenvalue weighted by molar-refractivity contribution is -0.138. The zero-order chi connectivity index (χ0) is 14.6. The van der Waals surface area contributed by atoms with Gasteiger partial charge < -0.3 is 10.2 Å². The van der Waals surface area contributed by atoms with E-state index >= 15 is 0 Å². The number of hydrogen-bond donors (Lipinski definition) is 1. The summed E-state index contributed by atoms with van der Waals surface area (Å²) in [4.78, 5) is 2.20. The molecule has 0 saturated heterocycles. The Morgan fingerprint density at radius 3 is 2.77 bits per heavy atom. The van der Waals surface area contributed by atoms with Crippen LogP contribution in [0.3, 0.4) is 0 Å². The highest BCUT2D eigenvalue weighted by molar-refractivity contribution is 5.85. The molecular formula is C16H20ClF3N2. The summed E-state index contributed by atoms with van der Waals surface area (Å²) in [6.07, 6.45) is -1.22. The van der Waals surface area contributed by atoms with E-state index in [1.54, 1.807) is 6.07 Å². The molecule has 2 unspecified atom stereocenters. The van der Waals surface area contributed by atoms with E-state index in [1.165, 1.54) is 6.07 Å². The van der Waals surface area contributed by atoms with Crippen LogP contribution in [0.15, 0.2) is 12.1 Å². The molecule has 2 atom stereocenters. The van der Waals surface area contributed by atoms with Crippen molar-refractivity contribution in [1.29, 1.82) is 0 Å². The van der Waals surface area contributed by atoms with E-state index in [9.17, 15) is 13.2 Å². The fourth-order valence-electron chi connectivity index (χ4n) is 4.44. The van der Waals surface area contributed by atoms with Crippen molar-refractivity contribution < 1.29 is 13.2 Å². The number of alkyl halides is 3. The lowest BCUT2D eigenvalue weighted by atomic mass is 9.79. The van der Waals surface area contributed by atoms with E-state index in [0.717, 1.165) is 50.1 Å². The molecule has 4 rings (SSSR count). The summed E-state index contributed by atoms with van der Waals surface area (Å²) in [5.41, 5.74) is 2.11. The van der Waals surface area contributed by atoms with Crippen LogP contribution in [0.4, 0.5) is 18.9 Å². The number of rotatable bonds is 0. The first kappa shape index (κ1) is 15.9. The van der Waals surface area contributed by atoms with Crippen LogP contribution in [0.1, 0.15) is 41.9 Å². The number of fused-ring (bicyclic) bond motifs is 2. The first-order valence-electron chi connectivity index (χ1n) is 7.74. The van der Waals surface area contributed by atoms with Crippen LogP contribution in [0, 0.1) is 5.92 Å². The van der Waals surface area contributed by atoms with Gasteiger partial charge in [0.2, 0.25) is 0 Å². The molecule has 1 N–H and O–H groups in total. The Morgan fingerprint density at radius 1 is 1.18 bits per heavy atom. The van der Waals surface area contributed by atoms with E-state index < -0.39 is 11.7 Å². The standard InChI is InChI=1S/C16H19F3N2.ClH/c17-16(18,19)13-5-4-10-8-20-6-7-21-9-11-2-1-3-12(11)14(13)15(10)21;/h4-5,11-12,20H,1-3,6-9H2;1H. The summed E-state index contributed by atoms with van der Waals surface area (Å²) in [6, 6.07) is 2.97. The predicted molar refractivity (Wildman–Crippen MR) is 82.7 cm³/mol. The van der Waals surface area contributed by atoms with Crippen molar-refractivity contribution in [2.75, 3.05) is 24.5 Å². The average Bonchev–Trinajstić information content (AvgIpc) is 2.80. The largest absolute Gasteiger partial charge is 0.416 e. The number of nitrogens with one attached hydrogen (secondary N) is 1. The molecule has 6 heteroatoms. The van der Waals surface area contributed by atoms with Crippen molar-refractivity contribution in [2.45, 2.75) is 37.9 Å². The van der Waals surface area contributed by atoms with Crippen LogP contribution in [-0.4, -0.2) is 19.6 Å². The van der Waals surface area contributed by atoms with Gasteiger partial charge in [0.25, 0.3) is 0 Å². The van der Waals surface area contributed by atoms with Crippen LogP contribution in [0.25, 0.3) is 0 Å². The van der Waals surface area contributed by atoms with Gasteiger partial charge in [-0.05, 0) is 41.9 Å². The molecular weight excluding hydrogens is 313 g/mol. The second-order valence-electron chi connectivity index (χ2n) is 6.45. The predicted octanol–water partition coefficient (Wildman–Crippen LogP) is 3.93. The second kappa shape index (κ2) is 5.60. The zero-order valence-corrected chi connectivity index (χ0v) is 13.1. The Kier molecular flexibility index (Phi) is 4.06. The van der Waals surface area contributed by atoms with E-state index in [1.807, 2.05) is 0 Å². The van der Waals surface area contributed by atoms with Crippen LogP contribution in [0.2, 0.25) is 0 Å². The maximum absolute atomic E-state index is 13.5. The van der Waals surface area contributed by atoms with E-state index in [2.05, 4.69) is 10.2 Å². The molecule has 1 fully saturated rings. The molecule has 0 spiro atoms. The van der Waals surface area contributed by atoms with Gasteiger partial charge in [-0.1, -0.05) is 12.5 Å². The molecule has 0 aromatic heterocycles. The van der Waals surface area contributed by atoms with Crippen LogP contribution < -0.4 is 10.2 Å². The van der Waals surface area contributed by atoms with Gasteiger partial charge >= 0.3 is 6.18 Å². The molecule has 3 aliphatic rings. The first-order chi connectivity index (χ1) is 10.1. The maximum Gasteiger partial charge on any atom is 0.416 e. The summed E-state index contributed by atoms with van der Waals surface area (Å²) >= 11 is 0. The van der Waals surface area contributed by atoms with Gasteiger partial charge in [0, 0.05) is 31.9 Å². The van der Waals surface area contributed by atoms with Crippen molar-refractivity contribution in [3.8, 4) is 0 Å². The average molecular weight is 333 g/mol. The van der Waals surface area contributed by atoms with Crippen molar-refractivity contribution in [1.82, 2.24) is 5.32 Å². The van der Waals surface area contributed by atoms with Crippen LogP contribution in [-0.2, 0) is 12.7 Å². The Hall–Kier alpha value is -0.940. The molecule has 22 heavy (non-hydrogen) atoms.